The molecule has 0 spiro atoms. The third-order valence-corrected chi connectivity index (χ3v) is 3.69. The molecular weight excluding hydrogens is 368 g/mol. The zero-order valence-corrected chi connectivity index (χ0v) is 15.8. The second-order valence-electron chi connectivity index (χ2n) is 5.46. The standard InChI is InChI=1S/C19H20N2O7/c1-11-14(19(24)27-4)10-13(28-11)6-8-17(22)20-21-18(23)12-5-7-15(25-2)16(9-12)26-3/h5-10H,1-4H3,(H,20,22)(H,21,23)/b8-6+. The van der Waals surface area contributed by atoms with Gasteiger partial charge in [0.25, 0.3) is 11.8 Å². The lowest BCUT2D eigenvalue weighted by Gasteiger charge is -2.10. The number of hydrogen-bond donors (Lipinski definition) is 2. The molecule has 9 heteroatoms. The van der Waals surface area contributed by atoms with Gasteiger partial charge in [-0.05, 0) is 37.3 Å². The van der Waals surface area contributed by atoms with E-state index in [2.05, 4.69) is 15.6 Å². The number of benzene rings is 1. The zero-order chi connectivity index (χ0) is 20.7. The fourth-order valence-corrected chi connectivity index (χ4v) is 2.27. The highest BCUT2D eigenvalue weighted by Gasteiger charge is 2.14. The molecule has 28 heavy (non-hydrogen) atoms. The number of hydrazine groups is 1. The Morgan fingerprint density at radius 2 is 1.71 bits per heavy atom. The molecule has 2 aromatic rings. The van der Waals surface area contributed by atoms with Crippen LogP contribution in [0.5, 0.6) is 11.5 Å². The van der Waals surface area contributed by atoms with E-state index in [0.717, 1.165) is 6.08 Å². The molecule has 1 heterocycles. The molecule has 0 saturated carbocycles. The van der Waals surface area contributed by atoms with E-state index in [1.807, 2.05) is 0 Å². The van der Waals surface area contributed by atoms with Gasteiger partial charge in [0.2, 0.25) is 0 Å². The first kappa shape index (κ1) is 20.6. The molecule has 0 atom stereocenters. The minimum atomic E-state index is -0.595. The van der Waals surface area contributed by atoms with Crippen LogP contribution in [0.25, 0.3) is 6.08 Å². The Morgan fingerprint density at radius 1 is 1.00 bits per heavy atom. The summed E-state index contributed by atoms with van der Waals surface area (Å²) in [6.07, 6.45) is 2.51. The van der Waals surface area contributed by atoms with Crippen molar-refractivity contribution in [3.05, 3.63) is 53.0 Å². The Balaban J connectivity index is 1.96. The van der Waals surface area contributed by atoms with Crippen molar-refractivity contribution < 1.29 is 33.0 Å². The third-order valence-electron chi connectivity index (χ3n) is 3.69. The highest BCUT2D eigenvalue weighted by molar-refractivity contribution is 5.98. The van der Waals surface area contributed by atoms with E-state index in [0.29, 0.717) is 23.0 Å². The second kappa shape index (κ2) is 9.26. The topological polar surface area (TPSA) is 116 Å². The maximum atomic E-state index is 12.1. The minimum absolute atomic E-state index is 0.268. The first-order valence-electron chi connectivity index (χ1n) is 8.08. The van der Waals surface area contributed by atoms with Crippen LogP contribution in [0.2, 0.25) is 0 Å². The first-order chi connectivity index (χ1) is 13.4. The molecule has 1 aromatic carbocycles. The third kappa shape index (κ3) is 4.91. The summed E-state index contributed by atoms with van der Waals surface area (Å²) in [5.74, 6) is -0.144. The molecule has 0 aliphatic carbocycles. The highest BCUT2D eigenvalue weighted by atomic mass is 16.5. The van der Waals surface area contributed by atoms with Gasteiger partial charge in [0.1, 0.15) is 17.1 Å². The number of rotatable bonds is 6. The number of nitrogens with one attached hydrogen (secondary N) is 2. The predicted octanol–water partition coefficient (Wildman–Crippen LogP) is 1.87. The normalized spacial score (nSPS) is 10.4. The van der Waals surface area contributed by atoms with E-state index >= 15 is 0 Å². The van der Waals surface area contributed by atoms with Gasteiger partial charge in [0.05, 0.1) is 21.3 Å². The van der Waals surface area contributed by atoms with E-state index < -0.39 is 17.8 Å². The summed E-state index contributed by atoms with van der Waals surface area (Å²) < 4.78 is 20.2. The average Bonchev–Trinajstić information content (AvgIpc) is 3.09. The molecule has 148 valence electrons. The summed E-state index contributed by atoms with van der Waals surface area (Å²) in [6, 6.07) is 6.04. The smallest absolute Gasteiger partial charge is 0.341 e. The molecule has 2 amide bonds. The summed E-state index contributed by atoms with van der Waals surface area (Å²) >= 11 is 0. The van der Waals surface area contributed by atoms with Crippen LogP contribution in [-0.4, -0.2) is 39.1 Å². The van der Waals surface area contributed by atoms with E-state index in [4.69, 9.17) is 13.9 Å². The van der Waals surface area contributed by atoms with Crippen LogP contribution in [0.3, 0.4) is 0 Å². The number of furan rings is 1. The van der Waals surface area contributed by atoms with Gasteiger partial charge in [0, 0.05) is 11.6 Å². The van der Waals surface area contributed by atoms with Crippen molar-refractivity contribution in [2.45, 2.75) is 6.92 Å². The summed E-state index contributed by atoms with van der Waals surface area (Å²) in [5.41, 5.74) is 5.06. The molecule has 0 aliphatic rings. The van der Waals surface area contributed by atoms with Crippen LogP contribution in [-0.2, 0) is 9.53 Å². The molecular formula is C19H20N2O7. The summed E-state index contributed by atoms with van der Waals surface area (Å²) in [7, 11) is 4.20. The van der Waals surface area contributed by atoms with Crippen molar-refractivity contribution in [3.63, 3.8) is 0 Å². The molecule has 0 unspecified atom stereocenters. The molecule has 0 aliphatic heterocycles. The van der Waals surface area contributed by atoms with Crippen molar-refractivity contribution in [1.29, 1.82) is 0 Å². The molecule has 2 rings (SSSR count). The maximum absolute atomic E-state index is 12.1. The van der Waals surface area contributed by atoms with Crippen LogP contribution in [0, 0.1) is 6.92 Å². The number of methoxy groups -OCH3 is 3. The lowest BCUT2D eigenvalue weighted by atomic mass is 10.2. The number of hydrogen-bond acceptors (Lipinski definition) is 7. The first-order valence-corrected chi connectivity index (χ1v) is 8.08. The van der Waals surface area contributed by atoms with Crippen LogP contribution in [0.4, 0.5) is 0 Å². The Morgan fingerprint density at radius 3 is 2.36 bits per heavy atom. The molecule has 0 saturated heterocycles. The SMILES string of the molecule is COC(=O)c1cc(/C=C/C(=O)NNC(=O)c2ccc(OC)c(OC)c2)oc1C. The lowest BCUT2D eigenvalue weighted by Crippen LogP contribution is -2.40. The minimum Gasteiger partial charge on any atom is -0.493 e. The van der Waals surface area contributed by atoms with Gasteiger partial charge < -0.3 is 18.6 Å². The van der Waals surface area contributed by atoms with E-state index in [1.54, 1.807) is 13.0 Å². The van der Waals surface area contributed by atoms with Gasteiger partial charge in [-0.25, -0.2) is 4.79 Å². The van der Waals surface area contributed by atoms with Crippen molar-refractivity contribution in [1.82, 2.24) is 10.9 Å². The van der Waals surface area contributed by atoms with E-state index in [9.17, 15) is 14.4 Å². The second-order valence-corrected chi connectivity index (χ2v) is 5.46. The molecule has 1 aromatic heterocycles. The van der Waals surface area contributed by atoms with Gasteiger partial charge in [-0.15, -0.1) is 0 Å². The zero-order valence-electron chi connectivity index (χ0n) is 15.8. The number of carbonyl (C=O) groups excluding carboxylic acids is 3. The molecule has 0 radical (unpaired) electrons. The lowest BCUT2D eigenvalue weighted by molar-refractivity contribution is -0.117. The van der Waals surface area contributed by atoms with E-state index in [-0.39, 0.29) is 11.1 Å². The van der Waals surface area contributed by atoms with Crippen molar-refractivity contribution in [2.24, 2.45) is 0 Å². The molecule has 9 nitrogen and oxygen atoms in total. The van der Waals surface area contributed by atoms with Crippen molar-refractivity contribution in [2.75, 3.05) is 21.3 Å². The molecule has 0 bridgehead atoms. The van der Waals surface area contributed by atoms with Gasteiger partial charge >= 0.3 is 5.97 Å². The fraction of sp³-hybridized carbons (Fsp3) is 0.211. The van der Waals surface area contributed by atoms with Crippen LogP contribution >= 0.6 is 0 Å². The quantitative estimate of drug-likeness (QED) is 0.441. The van der Waals surface area contributed by atoms with Crippen LogP contribution < -0.4 is 20.3 Å². The largest absolute Gasteiger partial charge is 0.493 e. The summed E-state index contributed by atoms with van der Waals surface area (Å²) in [4.78, 5) is 35.5. The Hall–Kier alpha value is -3.75. The highest BCUT2D eigenvalue weighted by Crippen LogP contribution is 2.27. The van der Waals surface area contributed by atoms with Gasteiger partial charge in [-0.1, -0.05) is 0 Å². The number of ether oxygens (including phenoxy) is 3. The van der Waals surface area contributed by atoms with Gasteiger partial charge in [-0.2, -0.15) is 0 Å². The number of aryl methyl sites for hydroxylation is 1. The monoisotopic (exact) mass is 388 g/mol. The Labute approximate surface area is 161 Å². The summed E-state index contributed by atoms with van der Waals surface area (Å²) in [5, 5.41) is 0. The summed E-state index contributed by atoms with van der Waals surface area (Å²) in [6.45, 7) is 1.60. The predicted molar refractivity (Wildman–Crippen MR) is 99.0 cm³/mol. The number of carbonyl (C=O) groups is 3. The van der Waals surface area contributed by atoms with Gasteiger partial charge in [0.15, 0.2) is 11.5 Å². The molecule has 2 N–H and O–H groups in total. The van der Waals surface area contributed by atoms with Crippen molar-refractivity contribution >= 4 is 23.9 Å². The van der Waals surface area contributed by atoms with Crippen LogP contribution in [0.15, 0.2) is 34.8 Å². The van der Waals surface area contributed by atoms with Crippen molar-refractivity contribution in [3.8, 4) is 11.5 Å². The average molecular weight is 388 g/mol. The van der Waals surface area contributed by atoms with E-state index in [1.165, 1.54) is 45.6 Å². The maximum Gasteiger partial charge on any atom is 0.341 e. The Bertz CT molecular complexity index is 915. The number of esters is 1. The molecule has 0 fully saturated rings. The number of amides is 2. The Kier molecular flexibility index (Phi) is 6.80. The van der Waals surface area contributed by atoms with Crippen LogP contribution in [0.1, 0.15) is 32.2 Å². The van der Waals surface area contributed by atoms with Gasteiger partial charge in [-0.3, -0.25) is 20.4 Å². The fourth-order valence-electron chi connectivity index (χ4n) is 2.27.